The molecule has 0 atom stereocenters. The van der Waals surface area contributed by atoms with Gasteiger partial charge in [0.1, 0.15) is 12.3 Å². The molecule has 0 amide bonds. The molecule has 1 aliphatic carbocycles. The Labute approximate surface area is 268 Å². The highest BCUT2D eigenvalue weighted by Gasteiger charge is 2.30. The van der Waals surface area contributed by atoms with Crippen LogP contribution in [-0.4, -0.2) is 90.3 Å². The van der Waals surface area contributed by atoms with Gasteiger partial charge in [-0.3, -0.25) is 4.90 Å². The van der Waals surface area contributed by atoms with E-state index in [9.17, 15) is 21.6 Å². The Morgan fingerprint density at radius 3 is 2.30 bits per heavy atom. The van der Waals surface area contributed by atoms with Gasteiger partial charge in [-0.05, 0) is 61.9 Å². The number of methoxy groups -OCH3 is 3. The van der Waals surface area contributed by atoms with E-state index in [0.29, 0.717) is 35.8 Å². The molecule has 252 valence electrons. The van der Waals surface area contributed by atoms with E-state index in [1.54, 1.807) is 32.4 Å². The number of aromatic nitrogens is 1. The zero-order chi connectivity index (χ0) is 33.3. The molecule has 14 heteroatoms. The lowest BCUT2D eigenvalue weighted by Gasteiger charge is -2.37. The van der Waals surface area contributed by atoms with E-state index in [2.05, 4.69) is 27.4 Å². The summed E-state index contributed by atoms with van der Waals surface area (Å²) in [5.41, 5.74) is 1.91. The van der Waals surface area contributed by atoms with Gasteiger partial charge >= 0.3 is 6.18 Å². The van der Waals surface area contributed by atoms with Gasteiger partial charge in [0.2, 0.25) is 10.0 Å². The number of nitrogens with two attached hydrogens (primary N) is 1. The largest absolute Gasteiger partial charge is 0.495 e. The van der Waals surface area contributed by atoms with E-state index in [-0.39, 0.29) is 28.9 Å². The summed E-state index contributed by atoms with van der Waals surface area (Å²) in [4.78, 5) is 2.30. The number of nitrogens with one attached hydrogen (secondary N) is 2. The van der Waals surface area contributed by atoms with Gasteiger partial charge < -0.3 is 29.4 Å². The van der Waals surface area contributed by atoms with Crippen molar-refractivity contribution in [3.8, 4) is 17.6 Å². The molecule has 0 radical (unpaired) electrons. The molecule has 1 aliphatic rings. The Kier molecular flexibility index (Phi) is 12.2. The monoisotopic (exact) mass is 665 g/mol. The van der Waals surface area contributed by atoms with Gasteiger partial charge in [0, 0.05) is 56.5 Å². The lowest BCUT2D eigenvalue weighted by Crippen LogP contribution is -2.43. The molecule has 3 aromatic rings. The van der Waals surface area contributed by atoms with Crippen molar-refractivity contribution in [2.75, 3.05) is 64.8 Å². The highest BCUT2D eigenvalue weighted by molar-refractivity contribution is 7.89. The highest BCUT2D eigenvalue weighted by Crippen LogP contribution is 2.33. The van der Waals surface area contributed by atoms with E-state index < -0.39 is 22.7 Å². The minimum atomic E-state index is -4.45. The Hall–Kier alpha value is -3.48. The predicted octanol–water partition coefficient (Wildman–Crippen LogP) is 4.64. The van der Waals surface area contributed by atoms with Crippen molar-refractivity contribution >= 4 is 32.3 Å². The number of fused-ring (bicyclic) bond motifs is 1. The number of ether oxygens (including phenoxy) is 3. The number of sulfonamides is 1. The molecule has 10 nitrogen and oxygen atoms in total. The second-order valence-electron chi connectivity index (χ2n) is 11.2. The van der Waals surface area contributed by atoms with Crippen LogP contribution in [0, 0.1) is 11.8 Å². The number of nitrogens with zero attached hydrogens (tertiary/aromatic N) is 2. The SMILES string of the molecule is COCCN(CCOC)[C@H]1CC[C@H](Nc2cccc3c2cc(C#CCNc2ccc(S(N)(=O)=O)cc2OC)n3CC(F)(F)F)CC1. The summed E-state index contributed by atoms with van der Waals surface area (Å²) in [5.74, 6) is 6.02. The van der Waals surface area contributed by atoms with Crippen LogP contribution < -0.4 is 20.5 Å². The summed E-state index contributed by atoms with van der Waals surface area (Å²) < 4.78 is 81.4. The zero-order valence-corrected chi connectivity index (χ0v) is 27.1. The lowest BCUT2D eigenvalue weighted by atomic mass is 9.89. The number of hydrogen-bond donors (Lipinski definition) is 3. The first-order valence-corrected chi connectivity index (χ1v) is 16.6. The van der Waals surface area contributed by atoms with Crippen LogP contribution in [0.4, 0.5) is 24.5 Å². The van der Waals surface area contributed by atoms with Crippen molar-refractivity contribution in [2.24, 2.45) is 5.14 Å². The summed E-state index contributed by atoms with van der Waals surface area (Å²) >= 11 is 0. The standard InChI is InChI=1S/C32H42F3N5O5S/c1-43-18-16-39(17-19-44-2)24-11-9-23(10-12-24)38-28-7-4-8-30-27(28)20-25(40(30)22-32(33,34)35)6-5-15-37-29-14-13-26(46(36,41)42)21-31(29)45-3/h4,7-8,13-14,20-21,23-24,37-38H,9-12,15-19,22H2,1-3H3,(H2,36,41,42)/t23-,24-. The van der Waals surface area contributed by atoms with Crippen LogP contribution in [0.5, 0.6) is 5.75 Å². The van der Waals surface area contributed by atoms with Gasteiger partial charge in [-0.1, -0.05) is 12.0 Å². The van der Waals surface area contributed by atoms with Gasteiger partial charge in [0.25, 0.3) is 0 Å². The van der Waals surface area contributed by atoms with Crippen molar-refractivity contribution in [2.45, 2.75) is 55.4 Å². The Morgan fingerprint density at radius 1 is 1.00 bits per heavy atom. The maximum absolute atomic E-state index is 13.7. The van der Waals surface area contributed by atoms with Crippen LogP contribution in [0.1, 0.15) is 31.4 Å². The third kappa shape index (κ3) is 9.52. The lowest BCUT2D eigenvalue weighted by molar-refractivity contribution is -0.140. The van der Waals surface area contributed by atoms with Crippen LogP contribution in [0.15, 0.2) is 47.4 Å². The summed E-state index contributed by atoms with van der Waals surface area (Å²) in [6, 6.07) is 11.7. The number of hydrogen-bond acceptors (Lipinski definition) is 8. The van der Waals surface area contributed by atoms with Crippen molar-refractivity contribution < 1.29 is 35.8 Å². The van der Waals surface area contributed by atoms with E-state index in [0.717, 1.165) is 44.5 Å². The number of benzene rings is 2. The topological polar surface area (TPSA) is 120 Å². The molecule has 0 spiro atoms. The van der Waals surface area contributed by atoms with E-state index in [4.69, 9.17) is 19.3 Å². The molecule has 4 N–H and O–H groups in total. The van der Waals surface area contributed by atoms with Gasteiger partial charge in [-0.15, -0.1) is 0 Å². The number of primary sulfonamides is 1. The number of anilines is 2. The van der Waals surface area contributed by atoms with Crippen molar-refractivity contribution in [3.63, 3.8) is 0 Å². The number of rotatable bonds is 14. The van der Waals surface area contributed by atoms with Gasteiger partial charge in [0.05, 0.1) is 48.7 Å². The van der Waals surface area contributed by atoms with E-state index >= 15 is 0 Å². The van der Waals surface area contributed by atoms with Crippen LogP contribution >= 0.6 is 0 Å². The van der Waals surface area contributed by atoms with E-state index in [1.165, 1.54) is 29.9 Å². The predicted molar refractivity (Wildman–Crippen MR) is 173 cm³/mol. The zero-order valence-electron chi connectivity index (χ0n) is 26.3. The number of halogens is 3. The first-order chi connectivity index (χ1) is 21.9. The minimum Gasteiger partial charge on any atom is -0.495 e. The van der Waals surface area contributed by atoms with Crippen molar-refractivity contribution in [1.82, 2.24) is 9.47 Å². The second-order valence-corrected chi connectivity index (χ2v) is 12.8. The first kappa shape index (κ1) is 35.4. The Balaban J connectivity index is 1.51. The maximum atomic E-state index is 13.7. The molecule has 0 aliphatic heterocycles. The van der Waals surface area contributed by atoms with Crippen LogP contribution in [0.2, 0.25) is 0 Å². The fourth-order valence-electron chi connectivity index (χ4n) is 5.83. The highest BCUT2D eigenvalue weighted by atomic mass is 32.2. The van der Waals surface area contributed by atoms with Crippen molar-refractivity contribution in [1.29, 1.82) is 0 Å². The molecular weight excluding hydrogens is 623 g/mol. The molecule has 1 aromatic heterocycles. The Morgan fingerprint density at radius 2 is 1.70 bits per heavy atom. The molecule has 0 saturated heterocycles. The van der Waals surface area contributed by atoms with Gasteiger partial charge in [-0.2, -0.15) is 13.2 Å². The summed E-state index contributed by atoms with van der Waals surface area (Å²) in [5, 5.41) is 12.5. The minimum absolute atomic E-state index is 0.0682. The molecule has 2 aromatic carbocycles. The molecular formula is C32H42F3N5O5S. The quantitative estimate of drug-likeness (QED) is 0.213. The Bertz CT molecular complexity index is 1620. The third-order valence-electron chi connectivity index (χ3n) is 8.11. The average Bonchev–Trinajstić information content (AvgIpc) is 3.36. The molecule has 0 unspecified atom stereocenters. The second kappa shape index (κ2) is 15.9. The summed E-state index contributed by atoms with van der Waals surface area (Å²) in [7, 11) is 0.860. The van der Waals surface area contributed by atoms with Crippen LogP contribution in [0.25, 0.3) is 10.9 Å². The molecule has 0 bridgehead atoms. The smallest absolute Gasteiger partial charge is 0.406 e. The molecule has 46 heavy (non-hydrogen) atoms. The number of alkyl halides is 3. The fourth-order valence-corrected chi connectivity index (χ4v) is 6.36. The molecule has 4 rings (SSSR count). The van der Waals surface area contributed by atoms with Crippen LogP contribution in [-0.2, 0) is 26.0 Å². The van der Waals surface area contributed by atoms with Crippen molar-refractivity contribution in [3.05, 3.63) is 48.2 Å². The summed E-state index contributed by atoms with van der Waals surface area (Å²) in [6.07, 6.45) is -0.592. The van der Waals surface area contributed by atoms with Crippen LogP contribution in [0.3, 0.4) is 0 Å². The molecule has 1 saturated carbocycles. The fraction of sp³-hybridized carbons (Fsp3) is 0.500. The first-order valence-electron chi connectivity index (χ1n) is 15.0. The molecule has 1 fully saturated rings. The third-order valence-corrected chi connectivity index (χ3v) is 9.02. The molecule has 1 heterocycles. The maximum Gasteiger partial charge on any atom is 0.406 e. The summed E-state index contributed by atoms with van der Waals surface area (Å²) in [6.45, 7) is 1.88. The average molecular weight is 666 g/mol. The normalized spacial score (nSPS) is 17.1. The van der Waals surface area contributed by atoms with Gasteiger partial charge in [0.15, 0.2) is 0 Å². The van der Waals surface area contributed by atoms with Gasteiger partial charge in [-0.25, -0.2) is 13.6 Å². The van der Waals surface area contributed by atoms with E-state index in [1.807, 2.05) is 6.07 Å².